The highest BCUT2D eigenvalue weighted by Crippen LogP contribution is 2.32. The van der Waals surface area contributed by atoms with E-state index in [-0.39, 0.29) is 56.1 Å². The number of carbonyl (C=O) groups is 3. The standard InChI is InChI=1S/C34H36F2N6O4/c1-38(2)29-16-28(36)27(35)15-25(29)19-39-20-31-41(30(33(39)45)14-22-10-12-26(43)13-11-22)32(44)21-40(18-24-8-9-24)42(31)34(46)37-17-23-6-4-3-5-7-23/h3-13,15-16,24,30-31,43H,14,17-21H2,1-2H3,(H,37,46)/t30-,31-/m0/s1. The fraction of sp³-hybridized carbons (Fsp3) is 0.324. The van der Waals surface area contributed by atoms with Gasteiger partial charge in [0.2, 0.25) is 11.8 Å². The number of urea groups is 1. The molecule has 4 amide bonds. The first-order valence-corrected chi connectivity index (χ1v) is 15.2. The number of benzene rings is 3. The van der Waals surface area contributed by atoms with E-state index in [4.69, 9.17) is 0 Å². The Morgan fingerprint density at radius 1 is 0.978 bits per heavy atom. The number of hydrazine groups is 1. The van der Waals surface area contributed by atoms with E-state index in [1.807, 2.05) is 42.5 Å². The van der Waals surface area contributed by atoms with Crippen LogP contribution in [0.15, 0.2) is 78.9 Å². The van der Waals surface area contributed by atoms with Gasteiger partial charge < -0.3 is 25.1 Å². The highest BCUT2D eigenvalue weighted by molar-refractivity contribution is 5.92. The third-order valence-corrected chi connectivity index (χ3v) is 8.54. The summed E-state index contributed by atoms with van der Waals surface area (Å²) >= 11 is 0. The monoisotopic (exact) mass is 630 g/mol. The zero-order valence-electron chi connectivity index (χ0n) is 25.6. The lowest BCUT2D eigenvalue weighted by Crippen LogP contribution is -2.76. The van der Waals surface area contributed by atoms with Crippen LogP contribution in [0.2, 0.25) is 0 Å². The third kappa shape index (κ3) is 6.52. The van der Waals surface area contributed by atoms with Gasteiger partial charge in [-0.05, 0) is 34.9 Å². The van der Waals surface area contributed by atoms with Gasteiger partial charge in [-0.1, -0.05) is 54.6 Å². The molecule has 0 spiro atoms. The first kappa shape index (κ1) is 31.0. The number of phenolic OH excluding ortho intramolecular Hbond substituents is 1. The van der Waals surface area contributed by atoms with Crippen molar-refractivity contribution in [3.05, 3.63) is 107 Å². The van der Waals surface area contributed by atoms with Crippen molar-refractivity contribution in [2.45, 2.75) is 31.7 Å². The molecule has 3 aliphatic rings. The molecule has 2 heterocycles. The van der Waals surface area contributed by atoms with Crippen LogP contribution in [-0.2, 0) is 29.1 Å². The molecule has 240 valence electrons. The maximum Gasteiger partial charge on any atom is 0.334 e. The minimum Gasteiger partial charge on any atom is -0.508 e. The van der Waals surface area contributed by atoms with E-state index >= 15 is 0 Å². The number of rotatable bonds is 9. The van der Waals surface area contributed by atoms with Crippen molar-refractivity contribution in [1.29, 1.82) is 0 Å². The Bertz CT molecular complexity index is 1650. The number of halogens is 2. The Balaban J connectivity index is 1.37. The van der Waals surface area contributed by atoms with Gasteiger partial charge in [0, 0.05) is 57.8 Å². The van der Waals surface area contributed by atoms with Crippen molar-refractivity contribution in [2.24, 2.45) is 5.92 Å². The molecule has 2 N–H and O–H groups in total. The molecule has 0 unspecified atom stereocenters. The molecule has 0 saturated carbocycles. The zero-order chi connectivity index (χ0) is 32.5. The molecule has 0 aromatic heterocycles. The van der Waals surface area contributed by atoms with Crippen LogP contribution in [0.5, 0.6) is 5.75 Å². The summed E-state index contributed by atoms with van der Waals surface area (Å²) in [5.74, 6) is -2.54. The molecule has 3 aromatic carbocycles. The highest BCUT2D eigenvalue weighted by atomic mass is 19.2. The number of fused-ring (bicyclic) bond motifs is 1. The third-order valence-electron chi connectivity index (χ3n) is 8.54. The quantitative estimate of drug-likeness (QED) is 0.352. The molecule has 6 rings (SSSR count). The highest BCUT2D eigenvalue weighted by Gasteiger charge is 2.51. The number of anilines is 1. The number of hydrogen-bond acceptors (Lipinski definition) is 6. The van der Waals surface area contributed by atoms with Crippen LogP contribution >= 0.6 is 0 Å². The van der Waals surface area contributed by atoms with Gasteiger partial charge >= 0.3 is 6.03 Å². The predicted molar refractivity (Wildman–Crippen MR) is 167 cm³/mol. The number of aromatic hydroxyl groups is 1. The Kier molecular flexibility index (Phi) is 8.63. The smallest absolute Gasteiger partial charge is 0.334 e. The van der Waals surface area contributed by atoms with E-state index in [9.17, 15) is 28.3 Å². The fourth-order valence-corrected chi connectivity index (χ4v) is 6.17. The van der Waals surface area contributed by atoms with E-state index < -0.39 is 29.9 Å². The van der Waals surface area contributed by atoms with Crippen molar-refractivity contribution >= 4 is 23.5 Å². The number of phenols is 1. The maximum absolute atomic E-state index is 14.5. The maximum atomic E-state index is 14.5. The summed E-state index contributed by atoms with van der Waals surface area (Å²) in [5.41, 5.74) is 2.39. The minimum atomic E-state index is -1.04. The molecule has 2 fully saturated rings. The van der Waals surface area contributed by atoms with E-state index in [0.29, 0.717) is 23.4 Å². The molecular formula is C34H36F2N6O4. The molecule has 1 aliphatic carbocycles. The largest absolute Gasteiger partial charge is 0.508 e. The van der Waals surface area contributed by atoms with Crippen LogP contribution in [0.4, 0.5) is 19.3 Å². The van der Waals surface area contributed by atoms with Crippen molar-refractivity contribution in [2.75, 3.05) is 38.6 Å². The summed E-state index contributed by atoms with van der Waals surface area (Å²) in [6, 6.07) is 16.6. The molecule has 3 aromatic rings. The summed E-state index contributed by atoms with van der Waals surface area (Å²) in [4.78, 5) is 46.8. The molecule has 2 atom stereocenters. The van der Waals surface area contributed by atoms with Crippen LogP contribution < -0.4 is 10.2 Å². The SMILES string of the molecule is CN(C)c1cc(F)c(F)cc1CN1C[C@H]2N(C(=O)CN(CC3C=C3)N2C(=O)NCc2ccccc2)[C@@H](Cc2ccc(O)cc2)C1=O. The van der Waals surface area contributed by atoms with E-state index in [1.54, 1.807) is 36.1 Å². The lowest BCUT2D eigenvalue weighted by Gasteiger charge is -2.55. The average Bonchev–Trinajstić information content (AvgIpc) is 3.85. The lowest BCUT2D eigenvalue weighted by atomic mass is 9.98. The topological polar surface area (TPSA) is 99.7 Å². The molecule has 2 saturated heterocycles. The van der Waals surface area contributed by atoms with Crippen molar-refractivity contribution in [3.8, 4) is 5.75 Å². The van der Waals surface area contributed by atoms with Gasteiger partial charge in [0.05, 0.1) is 13.1 Å². The van der Waals surface area contributed by atoms with Crippen LogP contribution in [0, 0.1) is 17.6 Å². The van der Waals surface area contributed by atoms with Gasteiger partial charge in [-0.25, -0.2) is 23.6 Å². The van der Waals surface area contributed by atoms with Crippen LogP contribution in [0.25, 0.3) is 0 Å². The molecule has 12 heteroatoms. The Morgan fingerprint density at radius 2 is 1.67 bits per heavy atom. The van der Waals surface area contributed by atoms with Crippen molar-refractivity contribution in [3.63, 3.8) is 0 Å². The number of piperazine rings is 1. The predicted octanol–water partition coefficient (Wildman–Crippen LogP) is 3.47. The number of amides is 4. The second kappa shape index (κ2) is 12.8. The van der Waals surface area contributed by atoms with Crippen molar-refractivity contribution in [1.82, 2.24) is 25.1 Å². The Morgan fingerprint density at radius 3 is 2.35 bits per heavy atom. The van der Waals surface area contributed by atoms with Gasteiger partial charge in [0.1, 0.15) is 18.0 Å². The summed E-state index contributed by atoms with van der Waals surface area (Å²) in [6.45, 7) is 0.459. The van der Waals surface area contributed by atoms with E-state index in [1.165, 1.54) is 26.9 Å². The van der Waals surface area contributed by atoms with E-state index in [0.717, 1.165) is 17.7 Å². The molecule has 10 nitrogen and oxygen atoms in total. The number of nitrogens with zero attached hydrogens (tertiary/aromatic N) is 5. The lowest BCUT2D eigenvalue weighted by molar-refractivity contribution is -0.191. The van der Waals surface area contributed by atoms with Gasteiger partial charge in [-0.15, -0.1) is 0 Å². The summed E-state index contributed by atoms with van der Waals surface area (Å²) in [6.07, 6.45) is 3.24. The molecule has 0 radical (unpaired) electrons. The Hall–Kier alpha value is -4.97. The normalized spacial score (nSPS) is 19.8. The van der Waals surface area contributed by atoms with Gasteiger partial charge in [-0.3, -0.25) is 9.59 Å². The Labute approximate surface area is 266 Å². The van der Waals surface area contributed by atoms with Crippen LogP contribution in [-0.4, -0.2) is 88.7 Å². The number of nitrogens with one attached hydrogen (secondary N) is 1. The van der Waals surface area contributed by atoms with Gasteiger partial charge in [-0.2, -0.15) is 0 Å². The second-order valence-corrected chi connectivity index (χ2v) is 12.1. The molecule has 2 aliphatic heterocycles. The van der Waals surface area contributed by atoms with Gasteiger partial charge in [0.15, 0.2) is 11.6 Å². The number of carbonyl (C=O) groups excluding carboxylic acids is 3. The van der Waals surface area contributed by atoms with Gasteiger partial charge in [0.25, 0.3) is 0 Å². The molecular weight excluding hydrogens is 594 g/mol. The van der Waals surface area contributed by atoms with E-state index in [2.05, 4.69) is 5.32 Å². The fourth-order valence-electron chi connectivity index (χ4n) is 6.17. The average molecular weight is 631 g/mol. The number of hydrogen-bond donors (Lipinski definition) is 2. The zero-order valence-corrected chi connectivity index (χ0v) is 25.6. The first-order chi connectivity index (χ1) is 22.1. The summed E-state index contributed by atoms with van der Waals surface area (Å²) in [7, 11) is 3.40. The minimum absolute atomic E-state index is 0.0458. The summed E-state index contributed by atoms with van der Waals surface area (Å²) < 4.78 is 28.8. The molecule has 46 heavy (non-hydrogen) atoms. The van der Waals surface area contributed by atoms with Crippen LogP contribution in [0.3, 0.4) is 0 Å². The first-order valence-electron chi connectivity index (χ1n) is 15.2. The summed E-state index contributed by atoms with van der Waals surface area (Å²) in [5, 5.41) is 16.1. The molecule has 0 bridgehead atoms. The van der Waals surface area contributed by atoms with Crippen molar-refractivity contribution < 1.29 is 28.3 Å². The second-order valence-electron chi connectivity index (χ2n) is 12.1. The van der Waals surface area contributed by atoms with Crippen LogP contribution in [0.1, 0.15) is 16.7 Å².